The van der Waals surface area contributed by atoms with Crippen molar-refractivity contribution in [2.75, 3.05) is 18.1 Å². The molecule has 7 heteroatoms. The van der Waals surface area contributed by atoms with Gasteiger partial charge in [-0.25, -0.2) is 0 Å². The Morgan fingerprint density at radius 3 is 2.55 bits per heavy atom. The van der Waals surface area contributed by atoms with E-state index in [-0.39, 0.29) is 13.2 Å². The molecule has 0 saturated carbocycles. The SMILES string of the molecule is CC(C)(CO)CN1C(=O)C(CC(=O)O)OC(c2cccc3ccccc23)c2cc(Cl)ccc21. The van der Waals surface area contributed by atoms with Crippen molar-refractivity contribution >= 4 is 39.9 Å². The molecule has 2 N–H and O–H groups in total. The Kier molecular flexibility index (Phi) is 6.43. The van der Waals surface area contributed by atoms with E-state index in [4.69, 9.17) is 16.3 Å². The van der Waals surface area contributed by atoms with E-state index in [2.05, 4.69) is 0 Å². The molecule has 0 fully saturated rings. The first-order valence-corrected chi connectivity index (χ1v) is 11.1. The van der Waals surface area contributed by atoms with E-state index >= 15 is 0 Å². The number of carboxylic acids is 1. The third-order valence-corrected chi connectivity index (χ3v) is 6.12. The van der Waals surface area contributed by atoms with Gasteiger partial charge in [0.05, 0.1) is 6.42 Å². The van der Waals surface area contributed by atoms with Crippen molar-refractivity contribution in [2.24, 2.45) is 5.41 Å². The molecule has 1 heterocycles. The highest BCUT2D eigenvalue weighted by Crippen LogP contribution is 2.42. The molecule has 0 radical (unpaired) electrons. The molecule has 172 valence electrons. The maximum Gasteiger partial charge on any atom is 0.306 e. The number of aliphatic hydroxyl groups is 1. The van der Waals surface area contributed by atoms with E-state index in [1.807, 2.05) is 56.3 Å². The van der Waals surface area contributed by atoms with E-state index in [1.54, 1.807) is 18.2 Å². The molecule has 0 saturated heterocycles. The number of fused-ring (bicyclic) bond motifs is 2. The minimum atomic E-state index is -1.20. The number of halogens is 1. The number of amides is 1. The van der Waals surface area contributed by atoms with Gasteiger partial charge in [-0.1, -0.05) is 67.9 Å². The van der Waals surface area contributed by atoms with Gasteiger partial charge in [0, 0.05) is 34.8 Å². The lowest BCUT2D eigenvalue weighted by Gasteiger charge is -2.32. The van der Waals surface area contributed by atoms with Gasteiger partial charge in [0.25, 0.3) is 5.91 Å². The van der Waals surface area contributed by atoms with Crippen LogP contribution in [0.25, 0.3) is 10.8 Å². The van der Waals surface area contributed by atoms with Crippen LogP contribution in [0, 0.1) is 5.41 Å². The smallest absolute Gasteiger partial charge is 0.306 e. The number of carbonyl (C=O) groups excluding carboxylic acids is 1. The number of rotatable bonds is 6. The Morgan fingerprint density at radius 2 is 1.82 bits per heavy atom. The Bertz CT molecular complexity index is 1200. The predicted octanol–water partition coefficient (Wildman–Crippen LogP) is 4.81. The van der Waals surface area contributed by atoms with Crippen molar-refractivity contribution in [1.82, 2.24) is 0 Å². The highest BCUT2D eigenvalue weighted by Gasteiger charge is 2.40. The second-order valence-electron chi connectivity index (χ2n) is 9.12. The summed E-state index contributed by atoms with van der Waals surface area (Å²) in [6.07, 6.45) is -2.38. The Balaban J connectivity index is 1.95. The first-order valence-electron chi connectivity index (χ1n) is 10.8. The van der Waals surface area contributed by atoms with E-state index in [1.165, 1.54) is 4.90 Å². The fourth-order valence-corrected chi connectivity index (χ4v) is 4.41. The van der Waals surface area contributed by atoms with Crippen LogP contribution >= 0.6 is 11.6 Å². The number of hydrogen-bond acceptors (Lipinski definition) is 4. The fraction of sp³-hybridized carbons (Fsp3) is 0.308. The molecule has 3 aromatic rings. The van der Waals surface area contributed by atoms with Gasteiger partial charge in [-0.15, -0.1) is 0 Å². The number of aliphatic hydroxyl groups excluding tert-OH is 1. The van der Waals surface area contributed by atoms with Gasteiger partial charge in [0.2, 0.25) is 0 Å². The normalized spacial score (nSPS) is 18.8. The van der Waals surface area contributed by atoms with Crippen molar-refractivity contribution in [3.8, 4) is 0 Å². The van der Waals surface area contributed by atoms with Crippen LogP contribution in [-0.4, -0.2) is 41.3 Å². The molecule has 1 aliphatic heterocycles. The zero-order valence-corrected chi connectivity index (χ0v) is 19.2. The van der Waals surface area contributed by atoms with Gasteiger partial charge in [0.15, 0.2) is 0 Å². The number of anilines is 1. The van der Waals surface area contributed by atoms with Crippen LogP contribution in [0.4, 0.5) is 5.69 Å². The summed E-state index contributed by atoms with van der Waals surface area (Å²) in [5.41, 5.74) is 1.48. The number of ether oxygens (including phenoxy) is 1. The van der Waals surface area contributed by atoms with E-state index in [9.17, 15) is 19.8 Å². The van der Waals surface area contributed by atoms with Crippen molar-refractivity contribution in [3.63, 3.8) is 0 Å². The summed E-state index contributed by atoms with van der Waals surface area (Å²) < 4.78 is 6.30. The summed E-state index contributed by atoms with van der Waals surface area (Å²) in [6.45, 7) is 3.74. The van der Waals surface area contributed by atoms with Gasteiger partial charge >= 0.3 is 5.97 Å². The molecule has 1 amide bonds. The monoisotopic (exact) mass is 467 g/mol. The molecule has 0 spiro atoms. The third-order valence-electron chi connectivity index (χ3n) is 5.88. The quantitative estimate of drug-likeness (QED) is 0.543. The van der Waals surface area contributed by atoms with Crippen LogP contribution in [0.3, 0.4) is 0 Å². The fourth-order valence-electron chi connectivity index (χ4n) is 4.22. The average Bonchev–Trinajstić information content (AvgIpc) is 2.88. The largest absolute Gasteiger partial charge is 0.481 e. The van der Waals surface area contributed by atoms with Crippen LogP contribution < -0.4 is 4.90 Å². The molecule has 33 heavy (non-hydrogen) atoms. The van der Waals surface area contributed by atoms with Crippen molar-refractivity contribution in [3.05, 3.63) is 76.8 Å². The van der Waals surface area contributed by atoms with Crippen molar-refractivity contribution in [2.45, 2.75) is 32.5 Å². The van der Waals surface area contributed by atoms with E-state index in [0.717, 1.165) is 16.3 Å². The number of carboxylic acid groups (broad SMARTS) is 1. The minimum Gasteiger partial charge on any atom is -0.481 e. The standard InChI is InChI=1S/C26H26ClNO5/c1-26(2,15-29)14-28-21-11-10-17(27)12-20(21)24(33-22(25(28)32)13-23(30)31)19-9-5-7-16-6-3-4-8-18(16)19/h3-12,22,24,29H,13-15H2,1-2H3,(H,30,31). The van der Waals surface area contributed by atoms with Crippen LogP contribution in [0.15, 0.2) is 60.7 Å². The van der Waals surface area contributed by atoms with Gasteiger partial charge in [-0.2, -0.15) is 0 Å². The summed E-state index contributed by atoms with van der Waals surface area (Å²) in [5, 5.41) is 21.8. The molecule has 3 aromatic carbocycles. The Hall–Kier alpha value is -2.93. The molecule has 2 unspecified atom stereocenters. The molecule has 6 nitrogen and oxygen atoms in total. The molecule has 0 aliphatic carbocycles. The zero-order valence-electron chi connectivity index (χ0n) is 18.5. The molecule has 0 aromatic heterocycles. The molecule has 1 aliphatic rings. The van der Waals surface area contributed by atoms with E-state index < -0.39 is 35.9 Å². The van der Waals surface area contributed by atoms with Gasteiger partial charge in [-0.05, 0) is 34.5 Å². The van der Waals surface area contributed by atoms with Gasteiger partial charge in [0.1, 0.15) is 12.2 Å². The summed E-state index contributed by atoms with van der Waals surface area (Å²) in [7, 11) is 0. The van der Waals surface area contributed by atoms with Crippen LogP contribution in [0.2, 0.25) is 5.02 Å². The van der Waals surface area contributed by atoms with Gasteiger partial charge in [-0.3, -0.25) is 9.59 Å². The second-order valence-corrected chi connectivity index (χ2v) is 9.56. The van der Waals surface area contributed by atoms with Gasteiger partial charge < -0.3 is 19.8 Å². The maximum atomic E-state index is 13.6. The number of nitrogens with zero attached hydrogens (tertiary/aromatic N) is 1. The van der Waals surface area contributed by atoms with Crippen LogP contribution in [-0.2, 0) is 14.3 Å². The summed E-state index contributed by atoms with van der Waals surface area (Å²) in [4.78, 5) is 26.8. The third kappa shape index (κ3) is 4.74. The Labute approximate surface area is 197 Å². The van der Waals surface area contributed by atoms with Crippen LogP contribution in [0.1, 0.15) is 37.5 Å². The first-order chi connectivity index (χ1) is 15.7. The lowest BCUT2D eigenvalue weighted by Crippen LogP contribution is -2.45. The predicted molar refractivity (Wildman–Crippen MR) is 128 cm³/mol. The number of carbonyl (C=O) groups is 2. The summed E-state index contributed by atoms with van der Waals surface area (Å²) in [6, 6.07) is 18.9. The lowest BCUT2D eigenvalue weighted by molar-refractivity contribution is -0.147. The van der Waals surface area contributed by atoms with Crippen LogP contribution in [0.5, 0.6) is 0 Å². The lowest BCUT2D eigenvalue weighted by atomic mass is 9.92. The molecular formula is C26H26ClNO5. The summed E-state index contributed by atoms with van der Waals surface area (Å²) in [5.74, 6) is -1.58. The Morgan fingerprint density at radius 1 is 1.09 bits per heavy atom. The van der Waals surface area contributed by atoms with Crippen molar-refractivity contribution in [1.29, 1.82) is 0 Å². The topological polar surface area (TPSA) is 87.1 Å². The highest BCUT2D eigenvalue weighted by molar-refractivity contribution is 6.30. The minimum absolute atomic E-state index is 0.142. The summed E-state index contributed by atoms with van der Waals surface area (Å²) >= 11 is 6.37. The number of hydrogen-bond donors (Lipinski definition) is 2. The molecule has 4 rings (SSSR count). The van der Waals surface area contributed by atoms with E-state index in [0.29, 0.717) is 16.3 Å². The maximum absolute atomic E-state index is 13.6. The van der Waals surface area contributed by atoms with Crippen molar-refractivity contribution < 1.29 is 24.5 Å². The zero-order chi connectivity index (χ0) is 23.8. The average molecular weight is 468 g/mol. The highest BCUT2D eigenvalue weighted by atomic mass is 35.5. The number of benzene rings is 3. The second kappa shape index (κ2) is 9.14. The first kappa shape index (κ1) is 23.2. The molecule has 2 atom stereocenters. The number of aliphatic carboxylic acids is 1. The molecule has 0 bridgehead atoms. The molecular weight excluding hydrogens is 442 g/mol.